The monoisotopic (exact) mass is 361 g/mol. The first-order valence-electron chi connectivity index (χ1n) is 9.29. The molecule has 2 aromatic carbocycles. The molecule has 27 heavy (non-hydrogen) atoms. The van der Waals surface area contributed by atoms with Crippen LogP contribution in [0.25, 0.3) is 0 Å². The van der Waals surface area contributed by atoms with E-state index in [1.165, 1.54) is 0 Å². The van der Waals surface area contributed by atoms with Gasteiger partial charge in [-0.15, -0.1) is 0 Å². The van der Waals surface area contributed by atoms with Crippen molar-refractivity contribution in [3.05, 3.63) is 77.1 Å². The van der Waals surface area contributed by atoms with Crippen LogP contribution >= 0.6 is 0 Å². The quantitative estimate of drug-likeness (QED) is 0.707. The number of nitrogens with zero attached hydrogens (tertiary/aromatic N) is 3. The fourth-order valence-corrected chi connectivity index (χ4v) is 3.48. The molecule has 0 radical (unpaired) electrons. The summed E-state index contributed by atoms with van der Waals surface area (Å²) < 4.78 is 7.53. The number of anilines is 1. The lowest BCUT2D eigenvalue weighted by Crippen LogP contribution is -2.30. The van der Waals surface area contributed by atoms with Gasteiger partial charge in [0.15, 0.2) is 0 Å². The number of para-hydroxylation sites is 1. The minimum atomic E-state index is -0.0128. The van der Waals surface area contributed by atoms with Crippen molar-refractivity contribution in [1.82, 2.24) is 9.78 Å². The van der Waals surface area contributed by atoms with Gasteiger partial charge in [-0.05, 0) is 42.3 Å². The van der Waals surface area contributed by atoms with E-state index in [0.29, 0.717) is 18.7 Å². The summed E-state index contributed by atoms with van der Waals surface area (Å²) in [6, 6.07) is 15.5. The maximum Gasteiger partial charge on any atom is 0.258 e. The van der Waals surface area contributed by atoms with Crippen LogP contribution in [0.3, 0.4) is 0 Å². The van der Waals surface area contributed by atoms with Crippen LogP contribution in [-0.2, 0) is 20.0 Å². The van der Waals surface area contributed by atoms with Crippen molar-refractivity contribution in [2.45, 2.75) is 26.3 Å². The van der Waals surface area contributed by atoms with Crippen LogP contribution in [0.15, 0.2) is 54.7 Å². The molecule has 0 aliphatic carbocycles. The number of aromatic nitrogens is 2. The summed E-state index contributed by atoms with van der Waals surface area (Å²) in [5, 5.41) is 4.38. The van der Waals surface area contributed by atoms with Crippen molar-refractivity contribution >= 4 is 11.6 Å². The number of hydrogen-bond donors (Lipinski definition) is 0. The van der Waals surface area contributed by atoms with Crippen LogP contribution in [0, 0.1) is 0 Å². The molecule has 1 amide bonds. The van der Waals surface area contributed by atoms with Crippen molar-refractivity contribution < 1.29 is 9.53 Å². The Balaban J connectivity index is 1.68. The predicted octanol–water partition coefficient (Wildman–Crippen LogP) is 3.96. The summed E-state index contributed by atoms with van der Waals surface area (Å²) in [5.74, 6) is 0.778. The van der Waals surface area contributed by atoms with Gasteiger partial charge in [0.25, 0.3) is 5.91 Å². The molecule has 0 spiro atoms. The van der Waals surface area contributed by atoms with Crippen molar-refractivity contribution in [3.63, 3.8) is 0 Å². The molecule has 138 valence electrons. The molecule has 0 N–H and O–H groups in total. The lowest BCUT2D eigenvalue weighted by molar-refractivity contribution is 0.0985. The van der Waals surface area contributed by atoms with E-state index in [2.05, 4.69) is 18.1 Å². The van der Waals surface area contributed by atoms with Crippen LogP contribution in [0.1, 0.15) is 40.5 Å². The highest BCUT2D eigenvalue weighted by molar-refractivity contribution is 6.06. The lowest BCUT2D eigenvalue weighted by atomic mass is 10.1. The highest BCUT2D eigenvalue weighted by atomic mass is 16.5. The summed E-state index contributed by atoms with van der Waals surface area (Å²) >= 11 is 0. The minimum Gasteiger partial charge on any atom is -0.494 e. The molecular formula is C22H23N3O2. The van der Waals surface area contributed by atoms with E-state index in [0.717, 1.165) is 41.1 Å². The van der Waals surface area contributed by atoms with Gasteiger partial charge < -0.3 is 9.64 Å². The Morgan fingerprint density at radius 1 is 1.11 bits per heavy atom. The third kappa shape index (κ3) is 3.33. The average molecular weight is 361 g/mol. The number of amides is 1. The number of aryl methyl sites for hydroxylation is 1. The summed E-state index contributed by atoms with van der Waals surface area (Å²) in [6.07, 6.45) is 3.59. The second-order valence-electron chi connectivity index (χ2n) is 6.81. The van der Waals surface area contributed by atoms with Gasteiger partial charge >= 0.3 is 0 Å². The second-order valence-corrected chi connectivity index (χ2v) is 6.81. The molecule has 1 aromatic heterocycles. The standard InChI is InChI=1S/C22H23N3O2/c1-3-12-27-19-10-8-16(9-11-19)22(26)25-15-18-14-23-24(2)21(18)13-17-6-4-5-7-20(17)25/h4-11,14H,3,12-13,15H2,1-2H3. The molecule has 4 rings (SSSR count). The zero-order chi connectivity index (χ0) is 18.8. The van der Waals surface area contributed by atoms with E-state index in [4.69, 9.17) is 4.74 Å². The number of ether oxygens (including phenoxy) is 1. The zero-order valence-electron chi connectivity index (χ0n) is 15.7. The van der Waals surface area contributed by atoms with Crippen LogP contribution < -0.4 is 9.64 Å². The Labute approximate surface area is 159 Å². The van der Waals surface area contributed by atoms with Gasteiger partial charge in [0, 0.05) is 36.0 Å². The van der Waals surface area contributed by atoms with Crippen molar-refractivity contribution in [2.24, 2.45) is 7.05 Å². The number of carbonyl (C=O) groups is 1. The summed E-state index contributed by atoms with van der Waals surface area (Å²) in [5.41, 5.74) is 4.99. The maximum absolute atomic E-state index is 13.3. The zero-order valence-corrected chi connectivity index (χ0v) is 15.7. The van der Waals surface area contributed by atoms with Crippen molar-refractivity contribution in [1.29, 1.82) is 0 Å². The summed E-state index contributed by atoms with van der Waals surface area (Å²) in [7, 11) is 1.95. The fourth-order valence-electron chi connectivity index (χ4n) is 3.48. The van der Waals surface area contributed by atoms with E-state index in [9.17, 15) is 4.79 Å². The molecule has 1 aliphatic rings. The first kappa shape index (κ1) is 17.3. The van der Waals surface area contributed by atoms with E-state index in [1.807, 2.05) is 65.3 Å². The normalized spacial score (nSPS) is 12.9. The Morgan fingerprint density at radius 3 is 2.67 bits per heavy atom. The van der Waals surface area contributed by atoms with Crippen LogP contribution in [0.5, 0.6) is 5.75 Å². The molecule has 2 heterocycles. The van der Waals surface area contributed by atoms with Crippen molar-refractivity contribution in [3.8, 4) is 5.75 Å². The molecule has 0 bridgehead atoms. The SMILES string of the molecule is CCCOc1ccc(C(=O)N2Cc3cnn(C)c3Cc3ccccc32)cc1. The highest BCUT2D eigenvalue weighted by Crippen LogP contribution is 2.31. The number of benzene rings is 2. The van der Waals surface area contributed by atoms with Crippen LogP contribution in [0.2, 0.25) is 0 Å². The van der Waals surface area contributed by atoms with Gasteiger partial charge in [0.1, 0.15) is 5.75 Å². The van der Waals surface area contributed by atoms with Gasteiger partial charge in [0.05, 0.1) is 19.3 Å². The molecule has 0 atom stereocenters. The number of fused-ring (bicyclic) bond motifs is 2. The second kappa shape index (κ2) is 7.27. The van der Waals surface area contributed by atoms with Crippen molar-refractivity contribution in [2.75, 3.05) is 11.5 Å². The van der Waals surface area contributed by atoms with Gasteiger partial charge in [-0.25, -0.2) is 0 Å². The van der Waals surface area contributed by atoms with Crippen LogP contribution in [0.4, 0.5) is 5.69 Å². The fraction of sp³-hybridized carbons (Fsp3) is 0.273. The van der Waals surface area contributed by atoms with Gasteiger partial charge in [0.2, 0.25) is 0 Å². The lowest BCUT2D eigenvalue weighted by Gasteiger charge is -2.23. The van der Waals surface area contributed by atoms with E-state index >= 15 is 0 Å². The summed E-state index contributed by atoms with van der Waals surface area (Å²) in [6.45, 7) is 3.27. The molecule has 0 saturated carbocycles. The Hall–Kier alpha value is -3.08. The highest BCUT2D eigenvalue weighted by Gasteiger charge is 2.26. The van der Waals surface area contributed by atoms with E-state index in [-0.39, 0.29) is 5.91 Å². The average Bonchev–Trinajstić information content (AvgIpc) is 2.95. The van der Waals surface area contributed by atoms with Gasteiger partial charge in [-0.1, -0.05) is 25.1 Å². The number of carbonyl (C=O) groups excluding carboxylic acids is 1. The van der Waals surface area contributed by atoms with E-state index in [1.54, 1.807) is 0 Å². The largest absolute Gasteiger partial charge is 0.494 e. The molecular weight excluding hydrogens is 338 g/mol. The molecule has 0 saturated heterocycles. The van der Waals surface area contributed by atoms with Crippen LogP contribution in [-0.4, -0.2) is 22.3 Å². The third-order valence-corrected chi connectivity index (χ3v) is 4.94. The molecule has 1 aliphatic heterocycles. The first-order valence-corrected chi connectivity index (χ1v) is 9.29. The molecule has 5 heteroatoms. The molecule has 5 nitrogen and oxygen atoms in total. The Kier molecular flexibility index (Phi) is 4.67. The molecule has 0 unspecified atom stereocenters. The third-order valence-electron chi connectivity index (χ3n) is 4.94. The molecule has 3 aromatic rings. The topological polar surface area (TPSA) is 47.4 Å². The van der Waals surface area contributed by atoms with Gasteiger partial charge in [-0.3, -0.25) is 9.48 Å². The number of rotatable bonds is 4. The minimum absolute atomic E-state index is 0.0128. The number of hydrogen-bond acceptors (Lipinski definition) is 3. The summed E-state index contributed by atoms with van der Waals surface area (Å²) in [4.78, 5) is 15.2. The predicted molar refractivity (Wildman–Crippen MR) is 105 cm³/mol. The van der Waals surface area contributed by atoms with E-state index < -0.39 is 0 Å². The first-order chi connectivity index (χ1) is 13.2. The Morgan fingerprint density at radius 2 is 1.89 bits per heavy atom. The molecule has 0 fully saturated rings. The van der Waals surface area contributed by atoms with Gasteiger partial charge in [-0.2, -0.15) is 5.10 Å². The smallest absolute Gasteiger partial charge is 0.258 e. The Bertz CT molecular complexity index is 960. The maximum atomic E-state index is 13.3.